The highest BCUT2D eigenvalue weighted by Gasteiger charge is 2.21. The normalized spacial score (nSPS) is 19.3. The first kappa shape index (κ1) is 18.3. The Morgan fingerprint density at radius 1 is 1.04 bits per heavy atom. The van der Waals surface area contributed by atoms with E-state index in [4.69, 9.17) is 4.74 Å². The topological polar surface area (TPSA) is 79.0 Å². The first-order chi connectivity index (χ1) is 12.1. The third-order valence-corrected chi connectivity index (χ3v) is 6.11. The molecule has 0 aliphatic carbocycles. The monoisotopic (exact) mass is 367 g/mol. The number of sulfonamides is 1. The Balaban J connectivity index is 1.55. The fraction of sp³-hybridized carbons (Fsp3) is 0.588. The van der Waals surface area contributed by atoms with Crippen molar-refractivity contribution in [2.75, 3.05) is 52.5 Å². The maximum Gasteiger partial charge on any atom is 0.253 e. The van der Waals surface area contributed by atoms with E-state index < -0.39 is 10.0 Å². The molecule has 0 bridgehead atoms. The lowest BCUT2D eigenvalue weighted by Crippen LogP contribution is -2.41. The number of morpholine rings is 1. The van der Waals surface area contributed by atoms with Crippen molar-refractivity contribution < 1.29 is 17.9 Å². The molecular weight excluding hydrogens is 342 g/mol. The zero-order valence-electron chi connectivity index (χ0n) is 14.3. The molecule has 2 heterocycles. The molecule has 0 spiro atoms. The zero-order chi connectivity index (χ0) is 17.7. The molecule has 1 aromatic rings. The molecule has 2 aliphatic rings. The van der Waals surface area contributed by atoms with Crippen molar-refractivity contribution in [3.05, 3.63) is 29.8 Å². The first-order valence-corrected chi connectivity index (χ1v) is 10.2. The number of rotatable bonds is 6. The predicted octanol–water partition coefficient (Wildman–Crippen LogP) is 0.533. The average molecular weight is 367 g/mol. The van der Waals surface area contributed by atoms with Gasteiger partial charge in [0.15, 0.2) is 0 Å². The van der Waals surface area contributed by atoms with Crippen LogP contribution in [0.25, 0.3) is 0 Å². The lowest BCUT2D eigenvalue weighted by Gasteiger charge is -2.26. The Labute approximate surface area is 149 Å². The van der Waals surface area contributed by atoms with Crippen LogP contribution in [-0.2, 0) is 14.8 Å². The van der Waals surface area contributed by atoms with Crippen molar-refractivity contribution in [2.45, 2.75) is 17.7 Å². The van der Waals surface area contributed by atoms with E-state index in [0.29, 0.717) is 31.9 Å². The molecule has 25 heavy (non-hydrogen) atoms. The van der Waals surface area contributed by atoms with Crippen molar-refractivity contribution in [2.24, 2.45) is 0 Å². The molecule has 0 atom stereocenters. The van der Waals surface area contributed by atoms with E-state index in [1.807, 2.05) is 4.90 Å². The highest BCUT2D eigenvalue weighted by atomic mass is 32.2. The molecule has 1 aromatic carbocycles. The number of carbonyl (C=O) groups excluding carboxylic acids is 1. The summed E-state index contributed by atoms with van der Waals surface area (Å²) in [6.07, 6.45) is 2.07. The number of ether oxygens (including phenoxy) is 1. The van der Waals surface area contributed by atoms with Gasteiger partial charge in [0.25, 0.3) is 5.91 Å². The van der Waals surface area contributed by atoms with Gasteiger partial charge in [0.2, 0.25) is 10.0 Å². The fourth-order valence-corrected chi connectivity index (χ4v) is 4.15. The van der Waals surface area contributed by atoms with E-state index in [-0.39, 0.29) is 10.8 Å². The van der Waals surface area contributed by atoms with E-state index in [1.54, 1.807) is 12.1 Å². The summed E-state index contributed by atoms with van der Waals surface area (Å²) < 4.78 is 32.6. The van der Waals surface area contributed by atoms with Crippen LogP contribution in [0.1, 0.15) is 23.2 Å². The molecule has 2 saturated heterocycles. The molecule has 2 fully saturated rings. The lowest BCUT2D eigenvalue weighted by molar-refractivity contribution is 0.0390. The van der Waals surface area contributed by atoms with E-state index in [0.717, 1.165) is 39.0 Å². The number of nitrogens with one attached hydrogen (secondary N) is 1. The van der Waals surface area contributed by atoms with Crippen LogP contribution in [0.2, 0.25) is 0 Å². The molecule has 0 radical (unpaired) electrons. The summed E-state index contributed by atoms with van der Waals surface area (Å²) in [5.41, 5.74) is 0.536. The zero-order valence-corrected chi connectivity index (χ0v) is 15.1. The van der Waals surface area contributed by atoms with Crippen LogP contribution in [0, 0.1) is 0 Å². The van der Waals surface area contributed by atoms with Gasteiger partial charge in [0.1, 0.15) is 0 Å². The van der Waals surface area contributed by atoms with Gasteiger partial charge in [-0.05, 0) is 37.1 Å². The third kappa shape index (κ3) is 4.78. The molecule has 7 nitrogen and oxygen atoms in total. The van der Waals surface area contributed by atoms with Gasteiger partial charge >= 0.3 is 0 Å². The molecule has 0 saturated carbocycles. The number of carbonyl (C=O) groups is 1. The van der Waals surface area contributed by atoms with Crippen LogP contribution in [0.4, 0.5) is 0 Å². The summed E-state index contributed by atoms with van der Waals surface area (Å²) in [5.74, 6) is -0.0262. The Morgan fingerprint density at radius 3 is 2.32 bits per heavy atom. The van der Waals surface area contributed by atoms with Crippen molar-refractivity contribution in [3.8, 4) is 0 Å². The Morgan fingerprint density at radius 2 is 1.68 bits per heavy atom. The molecule has 2 aliphatic heterocycles. The maximum absolute atomic E-state index is 12.4. The van der Waals surface area contributed by atoms with Crippen LogP contribution >= 0.6 is 0 Å². The van der Waals surface area contributed by atoms with Crippen molar-refractivity contribution in [1.82, 2.24) is 14.5 Å². The van der Waals surface area contributed by atoms with Crippen LogP contribution < -0.4 is 4.72 Å². The van der Waals surface area contributed by atoms with E-state index >= 15 is 0 Å². The van der Waals surface area contributed by atoms with Gasteiger partial charge in [-0.15, -0.1) is 0 Å². The van der Waals surface area contributed by atoms with E-state index in [2.05, 4.69) is 9.62 Å². The maximum atomic E-state index is 12.4. The molecule has 138 valence electrons. The minimum Gasteiger partial charge on any atom is -0.379 e. The largest absolute Gasteiger partial charge is 0.379 e. The Bertz CT molecular complexity index is 678. The predicted molar refractivity (Wildman–Crippen MR) is 94.0 cm³/mol. The minimum absolute atomic E-state index is 0.0262. The van der Waals surface area contributed by atoms with Gasteiger partial charge in [0.05, 0.1) is 18.1 Å². The average Bonchev–Trinajstić information content (AvgIpc) is 3.17. The SMILES string of the molecule is O=C(c1ccc(S(=O)(=O)NCCN2CCOCC2)cc1)N1CCCC1. The van der Waals surface area contributed by atoms with Crippen molar-refractivity contribution in [1.29, 1.82) is 0 Å². The third-order valence-electron chi connectivity index (χ3n) is 4.63. The van der Waals surface area contributed by atoms with Crippen LogP contribution in [0.5, 0.6) is 0 Å². The molecule has 1 amide bonds. The molecule has 0 unspecified atom stereocenters. The molecule has 0 aromatic heterocycles. The molecule has 1 N–H and O–H groups in total. The summed E-state index contributed by atoms with van der Waals surface area (Å²) in [7, 11) is -3.56. The highest BCUT2D eigenvalue weighted by molar-refractivity contribution is 7.89. The summed E-state index contributed by atoms with van der Waals surface area (Å²) in [4.78, 5) is 16.5. The number of nitrogens with zero attached hydrogens (tertiary/aromatic N) is 2. The smallest absolute Gasteiger partial charge is 0.253 e. The van der Waals surface area contributed by atoms with Crippen LogP contribution in [0.15, 0.2) is 29.2 Å². The van der Waals surface area contributed by atoms with E-state index in [9.17, 15) is 13.2 Å². The van der Waals surface area contributed by atoms with Crippen molar-refractivity contribution >= 4 is 15.9 Å². The Hall–Kier alpha value is -1.48. The number of amides is 1. The quantitative estimate of drug-likeness (QED) is 0.794. The summed E-state index contributed by atoms with van der Waals surface area (Å²) in [6, 6.07) is 6.19. The first-order valence-electron chi connectivity index (χ1n) is 8.75. The number of hydrogen-bond acceptors (Lipinski definition) is 5. The summed E-state index contributed by atoms with van der Waals surface area (Å²) in [5, 5.41) is 0. The van der Waals surface area contributed by atoms with Gasteiger partial charge in [-0.2, -0.15) is 0 Å². The van der Waals surface area contributed by atoms with Gasteiger partial charge in [-0.25, -0.2) is 13.1 Å². The van der Waals surface area contributed by atoms with Gasteiger partial charge in [0, 0.05) is 44.8 Å². The number of benzene rings is 1. The van der Waals surface area contributed by atoms with Crippen LogP contribution in [0.3, 0.4) is 0 Å². The number of likely N-dealkylation sites (tertiary alicyclic amines) is 1. The summed E-state index contributed by atoms with van der Waals surface area (Å²) in [6.45, 7) is 5.62. The second kappa shape index (κ2) is 8.27. The molecule has 3 rings (SSSR count). The molecular formula is C17H25N3O4S. The van der Waals surface area contributed by atoms with Crippen molar-refractivity contribution in [3.63, 3.8) is 0 Å². The molecule has 8 heteroatoms. The van der Waals surface area contributed by atoms with Gasteiger partial charge < -0.3 is 9.64 Å². The standard InChI is InChI=1S/C17H25N3O4S/c21-17(20-8-1-2-9-20)15-3-5-16(6-4-15)25(22,23)18-7-10-19-11-13-24-14-12-19/h3-6,18H,1-2,7-14H2. The van der Waals surface area contributed by atoms with Crippen LogP contribution in [-0.4, -0.2) is 76.6 Å². The lowest BCUT2D eigenvalue weighted by atomic mass is 10.2. The Kier molecular flexibility index (Phi) is 6.06. The second-order valence-electron chi connectivity index (χ2n) is 6.38. The highest BCUT2D eigenvalue weighted by Crippen LogP contribution is 2.15. The summed E-state index contributed by atoms with van der Waals surface area (Å²) >= 11 is 0. The van der Waals surface area contributed by atoms with E-state index in [1.165, 1.54) is 12.1 Å². The number of hydrogen-bond donors (Lipinski definition) is 1. The minimum atomic E-state index is -3.56. The fourth-order valence-electron chi connectivity index (χ4n) is 3.13. The van der Waals surface area contributed by atoms with Gasteiger partial charge in [-0.3, -0.25) is 9.69 Å². The van der Waals surface area contributed by atoms with Gasteiger partial charge in [-0.1, -0.05) is 0 Å². The second-order valence-corrected chi connectivity index (χ2v) is 8.14.